The first-order chi connectivity index (χ1) is 6.49. The van der Waals surface area contributed by atoms with E-state index in [0.717, 1.165) is 0 Å². The molecule has 0 N–H and O–H groups in total. The molecular weight excluding hydrogens is 172 g/mol. The second kappa shape index (κ2) is 4.29. The Kier molecular flexibility index (Phi) is 3.52. The Bertz CT molecular complexity index is 238. The van der Waals surface area contributed by atoms with Gasteiger partial charge in [0.2, 0.25) is 0 Å². The van der Waals surface area contributed by atoms with E-state index >= 15 is 0 Å². The third-order valence-corrected chi connectivity index (χ3v) is 3.53. The number of hydrogen-bond acceptors (Lipinski definition) is 1. The van der Waals surface area contributed by atoms with E-state index < -0.39 is 0 Å². The van der Waals surface area contributed by atoms with E-state index in [1.165, 1.54) is 19.3 Å². The van der Waals surface area contributed by atoms with Crippen molar-refractivity contribution in [2.75, 3.05) is 0 Å². The van der Waals surface area contributed by atoms with Gasteiger partial charge in [-0.15, -0.1) is 0 Å². The van der Waals surface area contributed by atoms with Gasteiger partial charge >= 0.3 is 0 Å². The lowest BCUT2D eigenvalue weighted by Crippen LogP contribution is -2.38. The van der Waals surface area contributed by atoms with Crippen LogP contribution in [0.15, 0.2) is 12.2 Å². The van der Waals surface area contributed by atoms with Crippen LogP contribution in [-0.2, 0) is 4.79 Å². The molecule has 0 radical (unpaired) electrons. The molecule has 0 aliphatic heterocycles. The molecule has 0 aromatic rings. The lowest BCUT2D eigenvalue weighted by Gasteiger charge is -2.41. The van der Waals surface area contributed by atoms with Gasteiger partial charge in [0.15, 0.2) is 5.78 Å². The van der Waals surface area contributed by atoms with E-state index in [1.807, 2.05) is 13.0 Å². The fraction of sp³-hybridized carbons (Fsp3) is 0.769. The molecular formula is C13H22O. The van der Waals surface area contributed by atoms with Crippen molar-refractivity contribution in [1.82, 2.24) is 0 Å². The summed E-state index contributed by atoms with van der Waals surface area (Å²) in [5, 5.41) is 0. The van der Waals surface area contributed by atoms with E-state index in [-0.39, 0.29) is 11.3 Å². The number of rotatable bonds is 2. The van der Waals surface area contributed by atoms with Crippen LogP contribution in [0.1, 0.15) is 47.0 Å². The van der Waals surface area contributed by atoms with Gasteiger partial charge < -0.3 is 0 Å². The highest BCUT2D eigenvalue weighted by Crippen LogP contribution is 2.44. The van der Waals surface area contributed by atoms with Crippen LogP contribution in [0.4, 0.5) is 0 Å². The molecule has 2 atom stereocenters. The summed E-state index contributed by atoms with van der Waals surface area (Å²) in [5.41, 5.74) is 0.189. The van der Waals surface area contributed by atoms with Crippen LogP contribution < -0.4 is 0 Å². The number of carbonyl (C=O) groups is 1. The molecule has 0 spiro atoms. The standard InChI is InChI=1S/C13H22O/c1-5-7-11(14)12-10(2)8-6-9-13(12,3)4/h5,7,10,12H,6,8-9H2,1-4H3/t10-,12-/m1/s1. The van der Waals surface area contributed by atoms with E-state index in [2.05, 4.69) is 20.8 Å². The summed E-state index contributed by atoms with van der Waals surface area (Å²) in [5.74, 6) is 1.10. The van der Waals surface area contributed by atoms with Crippen LogP contribution in [0.2, 0.25) is 0 Å². The normalized spacial score (nSPS) is 32.0. The molecule has 0 amide bonds. The molecule has 0 aromatic carbocycles. The Balaban J connectivity index is 2.85. The highest BCUT2D eigenvalue weighted by atomic mass is 16.1. The average molecular weight is 194 g/mol. The van der Waals surface area contributed by atoms with Gasteiger partial charge in [0.1, 0.15) is 0 Å². The summed E-state index contributed by atoms with van der Waals surface area (Å²) < 4.78 is 0. The summed E-state index contributed by atoms with van der Waals surface area (Å²) in [6.45, 7) is 8.59. The maximum atomic E-state index is 11.9. The molecule has 0 saturated heterocycles. The highest BCUT2D eigenvalue weighted by Gasteiger charge is 2.40. The van der Waals surface area contributed by atoms with Crippen molar-refractivity contribution in [3.63, 3.8) is 0 Å². The van der Waals surface area contributed by atoms with E-state index in [0.29, 0.717) is 11.7 Å². The van der Waals surface area contributed by atoms with Gasteiger partial charge in [0.05, 0.1) is 0 Å². The predicted octanol–water partition coefficient (Wildman–Crippen LogP) is 3.59. The smallest absolute Gasteiger partial charge is 0.159 e. The Morgan fingerprint density at radius 3 is 2.57 bits per heavy atom. The van der Waals surface area contributed by atoms with Crippen LogP contribution in [-0.4, -0.2) is 5.78 Å². The number of ketones is 1. The van der Waals surface area contributed by atoms with Gasteiger partial charge in [-0.05, 0) is 37.2 Å². The molecule has 1 nitrogen and oxygen atoms in total. The minimum Gasteiger partial charge on any atom is -0.295 e. The first kappa shape index (κ1) is 11.5. The molecule has 14 heavy (non-hydrogen) atoms. The second-order valence-corrected chi connectivity index (χ2v) is 5.24. The number of carbonyl (C=O) groups excluding carboxylic acids is 1. The first-order valence-corrected chi connectivity index (χ1v) is 5.65. The van der Waals surface area contributed by atoms with E-state index in [1.54, 1.807) is 6.08 Å². The molecule has 0 heterocycles. The van der Waals surface area contributed by atoms with Gasteiger partial charge in [0, 0.05) is 5.92 Å². The molecule has 0 bridgehead atoms. The van der Waals surface area contributed by atoms with Gasteiger partial charge in [-0.1, -0.05) is 33.3 Å². The molecule has 1 rings (SSSR count). The second-order valence-electron chi connectivity index (χ2n) is 5.24. The maximum absolute atomic E-state index is 11.9. The Hall–Kier alpha value is -0.590. The fourth-order valence-corrected chi connectivity index (χ4v) is 2.91. The summed E-state index contributed by atoms with van der Waals surface area (Å²) in [6, 6.07) is 0. The molecule has 1 heteroatoms. The van der Waals surface area contributed by atoms with Crippen molar-refractivity contribution < 1.29 is 4.79 Å². The van der Waals surface area contributed by atoms with Crippen molar-refractivity contribution in [1.29, 1.82) is 0 Å². The van der Waals surface area contributed by atoms with Gasteiger partial charge in [-0.3, -0.25) is 4.79 Å². The molecule has 0 unspecified atom stereocenters. The summed E-state index contributed by atoms with van der Waals surface area (Å²) in [6.07, 6.45) is 7.27. The van der Waals surface area contributed by atoms with Gasteiger partial charge in [-0.25, -0.2) is 0 Å². The van der Waals surface area contributed by atoms with Crippen molar-refractivity contribution in [3.05, 3.63) is 12.2 Å². The SMILES string of the molecule is CC=CC(=O)[C@H]1[C@H](C)CCCC1(C)C. The zero-order chi connectivity index (χ0) is 10.8. The Labute approximate surface area is 87.6 Å². The van der Waals surface area contributed by atoms with Crippen LogP contribution in [0.5, 0.6) is 0 Å². The molecule has 1 fully saturated rings. The molecule has 1 saturated carbocycles. The average Bonchev–Trinajstić information content (AvgIpc) is 2.02. The minimum absolute atomic E-state index is 0.189. The highest BCUT2D eigenvalue weighted by molar-refractivity contribution is 5.92. The zero-order valence-corrected chi connectivity index (χ0v) is 9.84. The molecule has 80 valence electrons. The van der Waals surface area contributed by atoms with E-state index in [4.69, 9.17) is 0 Å². The van der Waals surface area contributed by atoms with Crippen molar-refractivity contribution in [2.24, 2.45) is 17.3 Å². The molecule has 0 aromatic heterocycles. The van der Waals surface area contributed by atoms with Crippen molar-refractivity contribution in [2.45, 2.75) is 47.0 Å². The zero-order valence-electron chi connectivity index (χ0n) is 9.84. The fourth-order valence-electron chi connectivity index (χ4n) is 2.91. The van der Waals surface area contributed by atoms with Crippen LogP contribution in [0, 0.1) is 17.3 Å². The molecule has 1 aliphatic carbocycles. The minimum atomic E-state index is 0.189. The quantitative estimate of drug-likeness (QED) is 0.614. The van der Waals surface area contributed by atoms with Crippen molar-refractivity contribution >= 4 is 5.78 Å². The lowest BCUT2D eigenvalue weighted by atomic mass is 9.62. The third kappa shape index (κ3) is 2.26. The topological polar surface area (TPSA) is 17.1 Å². The first-order valence-electron chi connectivity index (χ1n) is 5.65. The third-order valence-electron chi connectivity index (χ3n) is 3.53. The van der Waals surface area contributed by atoms with Gasteiger partial charge in [0.25, 0.3) is 0 Å². The predicted molar refractivity (Wildman–Crippen MR) is 60.1 cm³/mol. The summed E-state index contributed by atoms with van der Waals surface area (Å²) in [4.78, 5) is 11.9. The summed E-state index contributed by atoms with van der Waals surface area (Å²) in [7, 11) is 0. The number of hydrogen-bond donors (Lipinski definition) is 0. The van der Waals surface area contributed by atoms with E-state index in [9.17, 15) is 4.79 Å². The Morgan fingerprint density at radius 2 is 2.07 bits per heavy atom. The molecule has 1 aliphatic rings. The Morgan fingerprint density at radius 1 is 1.43 bits per heavy atom. The van der Waals surface area contributed by atoms with Crippen LogP contribution in [0.3, 0.4) is 0 Å². The number of allylic oxidation sites excluding steroid dienone is 2. The monoisotopic (exact) mass is 194 g/mol. The van der Waals surface area contributed by atoms with Crippen molar-refractivity contribution in [3.8, 4) is 0 Å². The van der Waals surface area contributed by atoms with Crippen LogP contribution >= 0.6 is 0 Å². The lowest BCUT2D eigenvalue weighted by molar-refractivity contribution is -0.125. The maximum Gasteiger partial charge on any atom is 0.159 e. The summed E-state index contributed by atoms with van der Waals surface area (Å²) >= 11 is 0. The largest absolute Gasteiger partial charge is 0.295 e. The van der Waals surface area contributed by atoms with Crippen LogP contribution in [0.25, 0.3) is 0 Å². The van der Waals surface area contributed by atoms with Gasteiger partial charge in [-0.2, -0.15) is 0 Å².